The Kier molecular flexibility index (Phi) is 4.97. The number of hydrogen-bond donors (Lipinski definition) is 1. The number of aromatic hydroxyl groups is 1. The molecule has 0 aliphatic heterocycles. The minimum atomic E-state index is 0.0541. The molecule has 5 nitrogen and oxygen atoms in total. The quantitative estimate of drug-likeness (QED) is 0.497. The van der Waals surface area contributed by atoms with E-state index in [2.05, 4.69) is 5.16 Å². The number of hydrogen-bond acceptors (Lipinski definition) is 5. The SMILES string of the molecule is COc1ccccc1-c1cnoc1-c1ccc(OCc2ccccc2)cc1O. The lowest BCUT2D eigenvalue weighted by atomic mass is 10.0. The molecule has 28 heavy (non-hydrogen) atoms. The fourth-order valence-electron chi connectivity index (χ4n) is 3.03. The van der Waals surface area contributed by atoms with E-state index >= 15 is 0 Å². The second-order valence-corrected chi connectivity index (χ2v) is 6.22. The molecule has 0 aliphatic rings. The summed E-state index contributed by atoms with van der Waals surface area (Å²) in [6.07, 6.45) is 1.62. The standard InChI is InChI=1S/C23H19NO4/c1-26-22-10-6-5-9-18(22)20-14-24-28-23(20)19-12-11-17(13-21(19)25)27-15-16-7-3-2-4-8-16/h2-14,25H,15H2,1H3. The molecule has 0 saturated carbocycles. The number of phenols is 1. The van der Waals surface area contributed by atoms with Crippen LogP contribution in [0.15, 0.2) is 83.5 Å². The van der Waals surface area contributed by atoms with Gasteiger partial charge < -0.3 is 19.1 Å². The van der Waals surface area contributed by atoms with Gasteiger partial charge in [-0.2, -0.15) is 0 Å². The van der Waals surface area contributed by atoms with Crippen LogP contribution in [-0.2, 0) is 6.61 Å². The van der Waals surface area contributed by atoms with E-state index < -0.39 is 0 Å². The van der Waals surface area contributed by atoms with Crippen molar-refractivity contribution in [1.82, 2.24) is 5.16 Å². The van der Waals surface area contributed by atoms with Gasteiger partial charge in [0.1, 0.15) is 23.9 Å². The Morgan fingerprint density at radius 1 is 0.893 bits per heavy atom. The molecule has 0 unspecified atom stereocenters. The number of phenolic OH excluding ortho intramolecular Hbond substituents is 1. The van der Waals surface area contributed by atoms with Crippen molar-refractivity contribution in [3.05, 3.63) is 84.6 Å². The summed E-state index contributed by atoms with van der Waals surface area (Å²) >= 11 is 0. The zero-order chi connectivity index (χ0) is 19.3. The van der Waals surface area contributed by atoms with Gasteiger partial charge in [-0.3, -0.25) is 0 Å². The first-order chi connectivity index (χ1) is 13.8. The summed E-state index contributed by atoms with van der Waals surface area (Å²) in [6, 6.07) is 22.6. The highest BCUT2D eigenvalue weighted by molar-refractivity contribution is 5.84. The highest BCUT2D eigenvalue weighted by atomic mass is 16.5. The fraction of sp³-hybridized carbons (Fsp3) is 0.0870. The summed E-state index contributed by atoms with van der Waals surface area (Å²) in [5.74, 6) is 1.80. The van der Waals surface area contributed by atoms with Gasteiger partial charge in [-0.1, -0.05) is 53.7 Å². The van der Waals surface area contributed by atoms with Gasteiger partial charge >= 0.3 is 0 Å². The Labute approximate surface area is 162 Å². The number of benzene rings is 3. The van der Waals surface area contributed by atoms with E-state index in [1.807, 2.05) is 54.6 Å². The van der Waals surface area contributed by atoms with Gasteiger partial charge in [-0.15, -0.1) is 0 Å². The lowest BCUT2D eigenvalue weighted by Crippen LogP contribution is -1.95. The van der Waals surface area contributed by atoms with Crippen LogP contribution in [-0.4, -0.2) is 17.4 Å². The van der Waals surface area contributed by atoms with E-state index in [1.54, 1.807) is 31.5 Å². The Morgan fingerprint density at radius 3 is 2.46 bits per heavy atom. The molecule has 0 aliphatic carbocycles. The van der Waals surface area contributed by atoms with Crippen LogP contribution in [0.1, 0.15) is 5.56 Å². The molecule has 0 radical (unpaired) electrons. The third kappa shape index (κ3) is 3.55. The van der Waals surface area contributed by atoms with Gasteiger partial charge in [0, 0.05) is 11.6 Å². The average Bonchev–Trinajstić information content (AvgIpc) is 3.22. The Hall–Kier alpha value is -3.73. The summed E-state index contributed by atoms with van der Waals surface area (Å²) in [6.45, 7) is 0.425. The van der Waals surface area contributed by atoms with Crippen LogP contribution in [0.3, 0.4) is 0 Å². The van der Waals surface area contributed by atoms with Crippen molar-refractivity contribution in [3.8, 4) is 39.7 Å². The Balaban J connectivity index is 1.62. The molecule has 0 amide bonds. The van der Waals surface area contributed by atoms with Crippen molar-refractivity contribution in [3.63, 3.8) is 0 Å². The molecule has 3 aromatic carbocycles. The first-order valence-corrected chi connectivity index (χ1v) is 8.84. The van der Waals surface area contributed by atoms with Crippen LogP contribution in [0.25, 0.3) is 22.5 Å². The van der Waals surface area contributed by atoms with E-state index in [0.717, 1.165) is 16.7 Å². The van der Waals surface area contributed by atoms with Crippen LogP contribution in [0, 0.1) is 0 Å². The maximum absolute atomic E-state index is 10.6. The predicted octanol–water partition coefficient (Wildman–Crippen LogP) is 5.30. The van der Waals surface area contributed by atoms with Gasteiger partial charge in [-0.25, -0.2) is 0 Å². The van der Waals surface area contributed by atoms with Crippen LogP contribution >= 0.6 is 0 Å². The first kappa shape index (κ1) is 17.7. The lowest BCUT2D eigenvalue weighted by molar-refractivity contribution is 0.304. The van der Waals surface area contributed by atoms with Crippen molar-refractivity contribution in [1.29, 1.82) is 0 Å². The molecule has 0 bridgehead atoms. The maximum Gasteiger partial charge on any atom is 0.178 e. The molecule has 0 spiro atoms. The largest absolute Gasteiger partial charge is 0.507 e. The minimum Gasteiger partial charge on any atom is -0.507 e. The fourth-order valence-corrected chi connectivity index (χ4v) is 3.03. The summed E-state index contributed by atoms with van der Waals surface area (Å²) in [5.41, 5.74) is 3.17. The van der Waals surface area contributed by atoms with Crippen molar-refractivity contribution >= 4 is 0 Å². The zero-order valence-electron chi connectivity index (χ0n) is 15.3. The van der Waals surface area contributed by atoms with Crippen LogP contribution < -0.4 is 9.47 Å². The first-order valence-electron chi connectivity index (χ1n) is 8.84. The molecule has 4 rings (SSSR count). The molecule has 4 aromatic rings. The van der Waals surface area contributed by atoms with Crippen molar-refractivity contribution < 1.29 is 19.1 Å². The van der Waals surface area contributed by atoms with Gasteiger partial charge in [0.2, 0.25) is 0 Å². The third-order valence-corrected chi connectivity index (χ3v) is 4.43. The van der Waals surface area contributed by atoms with Crippen LogP contribution in [0.4, 0.5) is 0 Å². The van der Waals surface area contributed by atoms with E-state index in [-0.39, 0.29) is 5.75 Å². The van der Waals surface area contributed by atoms with Gasteiger partial charge in [0.25, 0.3) is 0 Å². The van der Waals surface area contributed by atoms with E-state index in [4.69, 9.17) is 14.0 Å². The smallest absolute Gasteiger partial charge is 0.178 e. The Bertz CT molecular complexity index is 1070. The molecule has 5 heteroatoms. The molecule has 1 aromatic heterocycles. The van der Waals surface area contributed by atoms with E-state index in [9.17, 15) is 5.11 Å². The highest BCUT2D eigenvalue weighted by Crippen LogP contribution is 2.41. The molecule has 140 valence electrons. The highest BCUT2D eigenvalue weighted by Gasteiger charge is 2.19. The number of ether oxygens (including phenoxy) is 2. The molecular formula is C23H19NO4. The molecule has 0 saturated heterocycles. The van der Waals surface area contributed by atoms with Crippen LogP contribution in [0.2, 0.25) is 0 Å². The normalized spacial score (nSPS) is 10.6. The molecule has 1 heterocycles. The summed E-state index contributed by atoms with van der Waals surface area (Å²) in [5, 5.41) is 14.5. The summed E-state index contributed by atoms with van der Waals surface area (Å²) in [7, 11) is 1.61. The predicted molar refractivity (Wildman–Crippen MR) is 106 cm³/mol. The van der Waals surface area contributed by atoms with Crippen molar-refractivity contribution in [2.75, 3.05) is 7.11 Å². The molecule has 1 N–H and O–H groups in total. The zero-order valence-corrected chi connectivity index (χ0v) is 15.3. The van der Waals surface area contributed by atoms with Crippen molar-refractivity contribution in [2.24, 2.45) is 0 Å². The lowest BCUT2D eigenvalue weighted by Gasteiger charge is -2.10. The van der Waals surface area contributed by atoms with E-state index in [0.29, 0.717) is 29.4 Å². The molecular weight excluding hydrogens is 354 g/mol. The average molecular weight is 373 g/mol. The topological polar surface area (TPSA) is 64.7 Å². The third-order valence-electron chi connectivity index (χ3n) is 4.43. The minimum absolute atomic E-state index is 0.0541. The monoisotopic (exact) mass is 373 g/mol. The number of methoxy groups -OCH3 is 1. The number of aromatic nitrogens is 1. The second-order valence-electron chi connectivity index (χ2n) is 6.22. The second kappa shape index (κ2) is 7.88. The van der Waals surface area contributed by atoms with Crippen LogP contribution in [0.5, 0.6) is 17.2 Å². The Morgan fingerprint density at radius 2 is 1.68 bits per heavy atom. The number of para-hydroxylation sites is 1. The molecule has 0 fully saturated rings. The van der Waals surface area contributed by atoms with E-state index in [1.165, 1.54) is 0 Å². The molecule has 0 atom stereocenters. The number of nitrogens with zero attached hydrogens (tertiary/aromatic N) is 1. The summed E-state index contributed by atoms with van der Waals surface area (Å²) < 4.78 is 16.7. The summed E-state index contributed by atoms with van der Waals surface area (Å²) in [4.78, 5) is 0. The van der Waals surface area contributed by atoms with Gasteiger partial charge in [0.05, 0.1) is 24.4 Å². The maximum atomic E-state index is 10.6. The van der Waals surface area contributed by atoms with Gasteiger partial charge in [0.15, 0.2) is 5.76 Å². The van der Waals surface area contributed by atoms with Gasteiger partial charge in [-0.05, 0) is 23.8 Å². The van der Waals surface area contributed by atoms with Crippen molar-refractivity contribution in [2.45, 2.75) is 6.61 Å². The number of rotatable bonds is 6.